The molecule has 4 heterocycles. The topological polar surface area (TPSA) is 167 Å². The molecule has 1 unspecified atom stereocenters. The second-order valence-corrected chi connectivity index (χ2v) is 17.5. The summed E-state index contributed by atoms with van der Waals surface area (Å²) in [6, 6.07) is 9.57. The fourth-order valence-electron chi connectivity index (χ4n) is 8.26. The highest BCUT2D eigenvalue weighted by Crippen LogP contribution is 2.38. The number of nitrogens with two attached hydrogens (primary N) is 1. The number of para-hydroxylation sites is 1. The minimum Gasteiger partial charge on any atom is -0.436 e. The van der Waals surface area contributed by atoms with Gasteiger partial charge in [-0.3, -0.25) is 24.2 Å². The minimum atomic E-state index is -4.81. The molecule has 15 nitrogen and oxygen atoms in total. The summed E-state index contributed by atoms with van der Waals surface area (Å²) in [7, 11) is 0. The number of alkyl halides is 3. The van der Waals surface area contributed by atoms with Crippen LogP contribution < -0.4 is 11.1 Å². The van der Waals surface area contributed by atoms with Crippen molar-refractivity contribution in [2.24, 2.45) is 5.41 Å². The van der Waals surface area contributed by atoms with Gasteiger partial charge in [0.05, 0.1) is 28.2 Å². The highest BCUT2D eigenvalue weighted by molar-refractivity contribution is 6.33. The minimum absolute atomic E-state index is 0.0322. The molecule has 2 aromatic rings. The van der Waals surface area contributed by atoms with Crippen LogP contribution in [0.5, 0.6) is 0 Å². The van der Waals surface area contributed by atoms with E-state index in [1.165, 1.54) is 11.0 Å². The highest BCUT2D eigenvalue weighted by Gasteiger charge is 2.39. The van der Waals surface area contributed by atoms with E-state index in [0.29, 0.717) is 65.1 Å². The van der Waals surface area contributed by atoms with Gasteiger partial charge in [-0.1, -0.05) is 29.8 Å². The molecule has 4 aliphatic rings. The molecule has 0 spiro atoms. The van der Waals surface area contributed by atoms with Gasteiger partial charge in [0.25, 0.3) is 5.91 Å². The van der Waals surface area contributed by atoms with Crippen LogP contribution in [0.15, 0.2) is 36.4 Å². The number of carbonyl (C=O) groups is 5. The molecule has 0 radical (unpaired) electrons. The van der Waals surface area contributed by atoms with Crippen molar-refractivity contribution in [2.45, 2.75) is 83.7 Å². The second kappa shape index (κ2) is 19.5. The Kier molecular flexibility index (Phi) is 14.6. The van der Waals surface area contributed by atoms with Crippen molar-refractivity contribution < 1.29 is 51.4 Å². The monoisotopic (exact) mass is 877 g/mol. The summed E-state index contributed by atoms with van der Waals surface area (Å²) < 4.78 is 57.8. The third-order valence-electron chi connectivity index (χ3n) is 11.8. The zero-order valence-electron chi connectivity index (χ0n) is 34.8. The molecular formula is C42H55ClF3N7O8. The maximum Gasteiger partial charge on any atom is 0.418 e. The standard InChI is InChI=1S/C42H55ClF3N7O8/c1-41(2,3)38(56)60-26-59-35(54)25-49-13-9-29(10-14-49)50-18-20-51(21-19-50)37(55)34(24-27-22-31(42(44,45)46)36(47)32(43)23-27)61-40(58)52-15-11-30(12-16-52)53-17-8-28-6-4-5-7-33(28)48-39(53)57/h4-7,22-23,29-30,34H,8-21,24-26,47H2,1-3H3,(H,48,57). The quantitative estimate of drug-likeness (QED) is 0.182. The van der Waals surface area contributed by atoms with Gasteiger partial charge in [0.15, 0.2) is 6.10 Å². The summed E-state index contributed by atoms with van der Waals surface area (Å²) in [4.78, 5) is 74.4. The van der Waals surface area contributed by atoms with Crippen LogP contribution >= 0.6 is 11.6 Å². The summed E-state index contributed by atoms with van der Waals surface area (Å²) in [5.74, 6) is -1.49. The summed E-state index contributed by atoms with van der Waals surface area (Å²) in [6.45, 7) is 8.68. The van der Waals surface area contributed by atoms with Gasteiger partial charge in [-0.15, -0.1) is 0 Å². The fourth-order valence-corrected chi connectivity index (χ4v) is 8.50. The first-order chi connectivity index (χ1) is 28.9. The maximum atomic E-state index is 14.2. The number of hydrogen-bond acceptors (Lipinski definition) is 11. The van der Waals surface area contributed by atoms with E-state index >= 15 is 0 Å². The number of likely N-dealkylation sites (tertiary alicyclic amines) is 2. The van der Waals surface area contributed by atoms with E-state index in [1.54, 1.807) is 30.6 Å². The number of piperazine rings is 1. The lowest BCUT2D eigenvalue weighted by atomic mass is 9.98. The number of benzene rings is 2. The van der Waals surface area contributed by atoms with E-state index in [4.69, 9.17) is 31.5 Å². The largest absolute Gasteiger partial charge is 0.436 e. The molecule has 0 saturated carbocycles. The number of carbonyl (C=O) groups excluding carboxylic acids is 5. The molecule has 334 valence electrons. The number of urea groups is 1. The lowest BCUT2D eigenvalue weighted by molar-refractivity contribution is -0.173. The molecule has 1 atom stereocenters. The number of piperidine rings is 2. The van der Waals surface area contributed by atoms with Crippen molar-refractivity contribution in [1.29, 1.82) is 0 Å². The van der Waals surface area contributed by atoms with Crippen molar-refractivity contribution in [2.75, 3.05) is 83.3 Å². The molecule has 0 bridgehead atoms. The Balaban J connectivity index is 1.04. The number of ether oxygens (including phenoxy) is 3. The average Bonchev–Trinajstić information content (AvgIpc) is 3.39. The van der Waals surface area contributed by atoms with Gasteiger partial charge in [0.2, 0.25) is 6.79 Å². The molecule has 0 aliphatic carbocycles. The Labute approximate surface area is 358 Å². The van der Waals surface area contributed by atoms with Gasteiger partial charge in [-0.25, -0.2) is 9.59 Å². The van der Waals surface area contributed by atoms with Crippen LogP contribution in [0.4, 0.5) is 34.1 Å². The Morgan fingerprint density at radius 1 is 0.869 bits per heavy atom. The molecule has 61 heavy (non-hydrogen) atoms. The molecule has 4 aliphatic heterocycles. The first kappa shape index (κ1) is 45.7. The maximum absolute atomic E-state index is 14.2. The SMILES string of the molecule is CC(C)(C)C(=O)OCOC(=O)CN1CCC(N2CCN(C(=O)C(Cc3cc(Cl)c(N)c(C(F)(F)F)c3)OC(=O)N3CCC(N4CCc5ccccc5NC4=O)CC3)CC2)CC1. The van der Waals surface area contributed by atoms with Gasteiger partial charge < -0.3 is 40.0 Å². The number of nitrogens with zero attached hydrogens (tertiary/aromatic N) is 5. The Hall–Kier alpha value is -4.81. The first-order valence-corrected chi connectivity index (χ1v) is 21.1. The van der Waals surface area contributed by atoms with E-state index in [-0.39, 0.29) is 54.8 Å². The Morgan fingerprint density at radius 3 is 2.18 bits per heavy atom. The van der Waals surface area contributed by atoms with Crippen LogP contribution in [0.25, 0.3) is 0 Å². The molecule has 6 rings (SSSR count). The number of anilines is 2. The van der Waals surface area contributed by atoms with E-state index in [9.17, 15) is 37.1 Å². The van der Waals surface area contributed by atoms with Crippen molar-refractivity contribution >= 4 is 52.9 Å². The smallest absolute Gasteiger partial charge is 0.418 e. The van der Waals surface area contributed by atoms with Crippen molar-refractivity contribution in [1.82, 2.24) is 24.5 Å². The molecule has 3 fully saturated rings. The summed E-state index contributed by atoms with van der Waals surface area (Å²) in [5, 5.41) is 2.65. The van der Waals surface area contributed by atoms with Crippen LogP contribution in [-0.4, -0.2) is 145 Å². The van der Waals surface area contributed by atoms with Gasteiger partial charge >= 0.3 is 30.2 Å². The molecule has 3 N–H and O–H groups in total. The zero-order valence-corrected chi connectivity index (χ0v) is 35.6. The number of halogens is 4. The van der Waals surface area contributed by atoms with Crippen molar-refractivity contribution in [3.05, 3.63) is 58.1 Å². The Morgan fingerprint density at radius 2 is 1.52 bits per heavy atom. The molecule has 2 aromatic carbocycles. The normalized spacial score (nSPS) is 19.4. The predicted octanol–water partition coefficient (Wildman–Crippen LogP) is 5.24. The van der Waals surface area contributed by atoms with Crippen LogP contribution in [-0.2, 0) is 47.6 Å². The number of nitrogens with one attached hydrogen (secondary N) is 1. The highest BCUT2D eigenvalue weighted by atomic mass is 35.5. The summed E-state index contributed by atoms with van der Waals surface area (Å²) >= 11 is 6.14. The van der Waals surface area contributed by atoms with E-state index < -0.39 is 59.7 Å². The second-order valence-electron chi connectivity index (χ2n) is 17.0. The molecular weight excluding hydrogens is 823 g/mol. The molecule has 4 amide bonds. The van der Waals surface area contributed by atoms with Gasteiger partial charge in [-0.2, -0.15) is 13.2 Å². The number of amides is 4. The fraction of sp³-hybridized carbons (Fsp3) is 0.595. The molecule has 0 aromatic heterocycles. The number of nitrogen functional groups attached to an aromatic ring is 1. The molecule has 19 heteroatoms. The predicted molar refractivity (Wildman–Crippen MR) is 219 cm³/mol. The van der Waals surface area contributed by atoms with Gasteiger partial charge in [-0.05, 0) is 82.2 Å². The van der Waals surface area contributed by atoms with Crippen LogP contribution in [0.2, 0.25) is 5.02 Å². The lowest BCUT2D eigenvalue weighted by Gasteiger charge is -2.43. The van der Waals surface area contributed by atoms with Crippen LogP contribution in [0, 0.1) is 5.41 Å². The third kappa shape index (κ3) is 11.8. The van der Waals surface area contributed by atoms with Crippen molar-refractivity contribution in [3.63, 3.8) is 0 Å². The first-order valence-electron chi connectivity index (χ1n) is 20.7. The zero-order chi connectivity index (χ0) is 44.1. The summed E-state index contributed by atoms with van der Waals surface area (Å²) in [6.07, 6.45) is -4.24. The molecule has 3 saturated heterocycles. The van der Waals surface area contributed by atoms with E-state index in [1.807, 2.05) is 29.2 Å². The average molecular weight is 878 g/mol. The third-order valence-corrected chi connectivity index (χ3v) is 12.1. The van der Waals surface area contributed by atoms with Crippen LogP contribution in [0.1, 0.15) is 63.1 Å². The van der Waals surface area contributed by atoms with Gasteiger partial charge in [0.1, 0.15) is 0 Å². The number of fused-ring (bicyclic) bond motifs is 1. The summed E-state index contributed by atoms with van der Waals surface area (Å²) in [5.41, 5.74) is 5.04. The van der Waals surface area contributed by atoms with E-state index in [2.05, 4.69) is 10.2 Å². The van der Waals surface area contributed by atoms with E-state index in [0.717, 1.165) is 30.2 Å². The number of hydrogen-bond donors (Lipinski definition) is 2. The number of esters is 2. The Bertz CT molecular complexity index is 1920. The van der Waals surface area contributed by atoms with Crippen molar-refractivity contribution in [3.8, 4) is 0 Å². The van der Waals surface area contributed by atoms with Gasteiger partial charge in [0, 0.05) is 83.1 Å². The van der Waals surface area contributed by atoms with Crippen LogP contribution in [0.3, 0.4) is 0 Å². The lowest BCUT2D eigenvalue weighted by Crippen LogP contribution is -2.57. The number of rotatable bonds is 10.